The van der Waals surface area contributed by atoms with Gasteiger partial charge in [0.2, 0.25) is 5.43 Å². The van der Waals surface area contributed by atoms with Crippen LogP contribution in [0.4, 0.5) is 0 Å². The lowest BCUT2D eigenvalue weighted by Gasteiger charge is -2.17. The minimum Gasteiger partial charge on any atom is -0.497 e. The molecule has 1 N–H and O–H groups in total. The molecule has 220 valence electrons. The summed E-state index contributed by atoms with van der Waals surface area (Å²) in [5.41, 5.74) is 2.26. The van der Waals surface area contributed by atoms with E-state index in [2.05, 4.69) is 10.2 Å². The van der Waals surface area contributed by atoms with Crippen molar-refractivity contribution >= 4 is 16.8 Å². The van der Waals surface area contributed by atoms with E-state index in [4.69, 9.17) is 18.9 Å². The molecule has 0 spiro atoms. The Morgan fingerprint density at radius 3 is 1.93 bits per heavy atom. The van der Waals surface area contributed by atoms with Gasteiger partial charge in [0.25, 0.3) is 5.91 Å². The number of benzene rings is 3. The maximum absolute atomic E-state index is 13.6. The highest BCUT2D eigenvalue weighted by Crippen LogP contribution is 2.33. The van der Waals surface area contributed by atoms with Crippen molar-refractivity contribution in [2.75, 3.05) is 40.4 Å². The van der Waals surface area contributed by atoms with Gasteiger partial charge in [0, 0.05) is 32.4 Å². The standard InChI is InChI=1S/C33H37N3O6/c1-35-20-28(33(38)34-14-17-36-15-4-5-16-36)32(37)27-18-30(41-21-23-6-10-25(39-2)11-7-23)31(19-29(27)35)42-22-24-8-12-26(40-3)13-9-24/h6-13,18-20H,4-5,14-17,21-22H2,1-3H3,(H,34,38). The van der Waals surface area contributed by atoms with Gasteiger partial charge in [-0.3, -0.25) is 9.59 Å². The molecule has 0 atom stereocenters. The molecule has 1 aliphatic heterocycles. The first-order chi connectivity index (χ1) is 20.4. The SMILES string of the molecule is COc1ccc(COc2cc3c(=O)c(C(=O)NCCN4CCCC4)cn(C)c3cc2OCc2ccc(OC)cc2)cc1. The van der Waals surface area contributed by atoms with Crippen LogP contribution in [0.5, 0.6) is 23.0 Å². The number of aromatic nitrogens is 1. The number of likely N-dealkylation sites (tertiary alicyclic amines) is 1. The third-order valence-corrected chi connectivity index (χ3v) is 7.52. The van der Waals surface area contributed by atoms with Crippen LogP contribution in [-0.4, -0.2) is 55.8 Å². The average Bonchev–Trinajstić information content (AvgIpc) is 3.54. The van der Waals surface area contributed by atoms with Gasteiger partial charge in [-0.05, 0) is 67.4 Å². The number of aryl methyl sites for hydroxylation is 1. The molecule has 1 aliphatic rings. The number of hydrogen-bond donors (Lipinski definition) is 1. The molecule has 0 radical (unpaired) electrons. The highest BCUT2D eigenvalue weighted by molar-refractivity contribution is 5.97. The molecule has 1 fully saturated rings. The second-order valence-corrected chi connectivity index (χ2v) is 10.4. The van der Waals surface area contributed by atoms with Gasteiger partial charge in [0.15, 0.2) is 11.5 Å². The van der Waals surface area contributed by atoms with Gasteiger partial charge < -0.3 is 33.7 Å². The zero-order chi connectivity index (χ0) is 29.5. The Morgan fingerprint density at radius 2 is 1.38 bits per heavy atom. The van der Waals surface area contributed by atoms with E-state index in [1.54, 1.807) is 37.1 Å². The van der Waals surface area contributed by atoms with E-state index >= 15 is 0 Å². The number of amides is 1. The molecular formula is C33H37N3O6. The number of carbonyl (C=O) groups excluding carboxylic acids is 1. The fourth-order valence-corrected chi connectivity index (χ4v) is 5.07. The van der Waals surface area contributed by atoms with Crippen LogP contribution in [0.1, 0.15) is 34.3 Å². The molecule has 2 heterocycles. The monoisotopic (exact) mass is 571 g/mol. The van der Waals surface area contributed by atoms with Crippen molar-refractivity contribution in [3.05, 3.63) is 93.8 Å². The van der Waals surface area contributed by atoms with Crippen LogP contribution >= 0.6 is 0 Å². The van der Waals surface area contributed by atoms with E-state index < -0.39 is 0 Å². The molecule has 9 nitrogen and oxygen atoms in total. The number of hydrogen-bond acceptors (Lipinski definition) is 7. The molecule has 3 aromatic carbocycles. The van der Waals surface area contributed by atoms with Gasteiger partial charge in [0.05, 0.1) is 25.1 Å². The van der Waals surface area contributed by atoms with Crippen molar-refractivity contribution < 1.29 is 23.7 Å². The summed E-state index contributed by atoms with van der Waals surface area (Å²) >= 11 is 0. The molecule has 9 heteroatoms. The maximum atomic E-state index is 13.6. The summed E-state index contributed by atoms with van der Waals surface area (Å²) in [5, 5.41) is 3.30. The molecule has 1 saturated heterocycles. The van der Waals surface area contributed by atoms with Crippen molar-refractivity contribution in [1.29, 1.82) is 0 Å². The number of pyridine rings is 1. The van der Waals surface area contributed by atoms with Crippen LogP contribution < -0.4 is 29.7 Å². The number of rotatable bonds is 12. The van der Waals surface area contributed by atoms with E-state index in [9.17, 15) is 9.59 Å². The minimum absolute atomic E-state index is 0.0967. The largest absolute Gasteiger partial charge is 0.497 e. The molecule has 0 aliphatic carbocycles. The Morgan fingerprint density at radius 1 is 0.833 bits per heavy atom. The number of methoxy groups -OCH3 is 2. The van der Waals surface area contributed by atoms with Crippen LogP contribution in [0.3, 0.4) is 0 Å². The minimum atomic E-state index is -0.378. The summed E-state index contributed by atoms with van der Waals surface area (Å²) in [6, 6.07) is 18.6. The fraction of sp³-hybridized carbons (Fsp3) is 0.333. The summed E-state index contributed by atoms with van der Waals surface area (Å²) in [5.74, 6) is 2.04. The van der Waals surface area contributed by atoms with Crippen LogP contribution in [0, 0.1) is 0 Å². The number of carbonyl (C=O) groups is 1. The van der Waals surface area contributed by atoms with E-state index in [0.29, 0.717) is 35.6 Å². The summed E-state index contributed by atoms with van der Waals surface area (Å²) in [6.07, 6.45) is 3.96. The first-order valence-electron chi connectivity index (χ1n) is 14.1. The van der Waals surface area contributed by atoms with Gasteiger partial charge in [0.1, 0.15) is 30.3 Å². The van der Waals surface area contributed by atoms with Gasteiger partial charge in [-0.2, -0.15) is 0 Å². The van der Waals surface area contributed by atoms with E-state index in [0.717, 1.165) is 42.3 Å². The fourth-order valence-electron chi connectivity index (χ4n) is 5.07. The molecule has 5 rings (SSSR count). The predicted octanol–water partition coefficient (Wildman–Crippen LogP) is 4.54. The lowest BCUT2D eigenvalue weighted by atomic mass is 10.1. The smallest absolute Gasteiger partial charge is 0.256 e. The summed E-state index contributed by atoms with van der Waals surface area (Å²) < 4.78 is 24.7. The van der Waals surface area contributed by atoms with Gasteiger partial charge >= 0.3 is 0 Å². The number of fused-ring (bicyclic) bond motifs is 1. The molecule has 4 aromatic rings. The summed E-state index contributed by atoms with van der Waals surface area (Å²) in [7, 11) is 5.06. The van der Waals surface area contributed by atoms with Crippen molar-refractivity contribution in [3.8, 4) is 23.0 Å². The molecule has 1 amide bonds. The van der Waals surface area contributed by atoms with Crippen molar-refractivity contribution in [2.24, 2.45) is 7.05 Å². The molecular weight excluding hydrogens is 534 g/mol. The van der Waals surface area contributed by atoms with Crippen molar-refractivity contribution in [2.45, 2.75) is 26.1 Å². The second kappa shape index (κ2) is 13.4. The predicted molar refractivity (Wildman–Crippen MR) is 162 cm³/mol. The van der Waals surface area contributed by atoms with E-state index in [-0.39, 0.29) is 23.5 Å². The number of ether oxygens (including phenoxy) is 4. The Labute approximate surface area is 245 Å². The molecule has 0 saturated carbocycles. The Hall–Kier alpha value is -4.50. The lowest BCUT2D eigenvalue weighted by Crippen LogP contribution is -2.35. The van der Waals surface area contributed by atoms with E-state index in [1.165, 1.54) is 12.8 Å². The zero-order valence-electron chi connectivity index (χ0n) is 24.4. The van der Waals surface area contributed by atoms with E-state index in [1.807, 2.05) is 55.6 Å². The van der Waals surface area contributed by atoms with Gasteiger partial charge in [-0.25, -0.2) is 0 Å². The number of nitrogens with one attached hydrogen (secondary N) is 1. The van der Waals surface area contributed by atoms with Crippen LogP contribution in [0.25, 0.3) is 10.9 Å². The van der Waals surface area contributed by atoms with Crippen molar-refractivity contribution in [3.63, 3.8) is 0 Å². The molecule has 1 aromatic heterocycles. The quantitative estimate of drug-likeness (QED) is 0.267. The Kier molecular flexibility index (Phi) is 9.28. The highest BCUT2D eigenvalue weighted by atomic mass is 16.5. The second-order valence-electron chi connectivity index (χ2n) is 10.4. The molecule has 42 heavy (non-hydrogen) atoms. The molecule has 0 bridgehead atoms. The maximum Gasteiger partial charge on any atom is 0.256 e. The Balaban J connectivity index is 1.42. The third-order valence-electron chi connectivity index (χ3n) is 7.52. The summed E-state index contributed by atoms with van der Waals surface area (Å²) in [6.45, 7) is 3.92. The summed E-state index contributed by atoms with van der Waals surface area (Å²) in [4.78, 5) is 28.9. The zero-order valence-corrected chi connectivity index (χ0v) is 24.4. The topological polar surface area (TPSA) is 91.3 Å². The van der Waals surface area contributed by atoms with Gasteiger partial charge in [-0.1, -0.05) is 24.3 Å². The first-order valence-corrected chi connectivity index (χ1v) is 14.1. The van der Waals surface area contributed by atoms with Crippen LogP contribution in [0.15, 0.2) is 71.7 Å². The van der Waals surface area contributed by atoms with Gasteiger partial charge in [-0.15, -0.1) is 0 Å². The number of nitrogens with zero attached hydrogens (tertiary/aromatic N) is 2. The van der Waals surface area contributed by atoms with Crippen LogP contribution in [-0.2, 0) is 20.3 Å². The van der Waals surface area contributed by atoms with Crippen LogP contribution in [0.2, 0.25) is 0 Å². The third kappa shape index (κ3) is 6.86. The molecule has 0 unspecified atom stereocenters. The van der Waals surface area contributed by atoms with Crippen molar-refractivity contribution in [1.82, 2.24) is 14.8 Å². The highest BCUT2D eigenvalue weighted by Gasteiger charge is 2.19. The lowest BCUT2D eigenvalue weighted by molar-refractivity contribution is 0.0948. The normalized spacial score (nSPS) is 13.2. The average molecular weight is 572 g/mol. The first kappa shape index (κ1) is 29.0. The Bertz CT molecular complexity index is 1580.